The maximum absolute atomic E-state index is 10.6. The Labute approximate surface area is 130 Å². The number of hydrogen-bond acceptors (Lipinski definition) is 9. The number of ether oxygens (including phenoxy) is 1. The Balaban J connectivity index is 2.19. The van der Waals surface area contributed by atoms with Gasteiger partial charge in [0.05, 0.1) is 18.2 Å². The van der Waals surface area contributed by atoms with Gasteiger partial charge in [0.2, 0.25) is 0 Å². The van der Waals surface area contributed by atoms with Crippen molar-refractivity contribution in [2.45, 2.75) is 31.0 Å². The van der Waals surface area contributed by atoms with Crippen LogP contribution in [0.1, 0.15) is 18.7 Å². The van der Waals surface area contributed by atoms with E-state index in [1.165, 1.54) is 24.0 Å². The molecule has 2 aromatic rings. The zero-order valence-corrected chi connectivity index (χ0v) is 12.2. The van der Waals surface area contributed by atoms with Crippen LogP contribution in [0.2, 0.25) is 0 Å². The normalized spacial score (nSPS) is 31.4. The molecule has 3 unspecified atom stereocenters. The first-order valence-corrected chi connectivity index (χ1v) is 6.87. The third-order valence-electron chi connectivity index (χ3n) is 4.05. The zero-order chi connectivity index (χ0) is 16.8. The smallest absolute Gasteiger partial charge is 0.167 e. The molecule has 3 heterocycles. The van der Waals surface area contributed by atoms with E-state index in [1.807, 2.05) is 0 Å². The quantitative estimate of drug-likeness (QED) is 0.268. The number of aliphatic hydroxyl groups is 3. The molecule has 2 aromatic heterocycles. The van der Waals surface area contributed by atoms with E-state index in [0.717, 1.165) is 6.21 Å². The number of hydrogen-bond donors (Lipinski definition) is 5. The molecule has 0 amide bonds. The summed E-state index contributed by atoms with van der Waals surface area (Å²) in [5, 5.41) is 42.2. The summed E-state index contributed by atoms with van der Waals surface area (Å²) < 4.78 is 7.03. The summed E-state index contributed by atoms with van der Waals surface area (Å²) in [7, 11) is 0. The number of nitrogens with zero attached hydrogens (tertiary/aromatic N) is 4. The van der Waals surface area contributed by atoms with Gasteiger partial charge in [0.1, 0.15) is 35.6 Å². The van der Waals surface area contributed by atoms with Gasteiger partial charge >= 0.3 is 0 Å². The van der Waals surface area contributed by atoms with Crippen molar-refractivity contribution >= 4 is 23.1 Å². The van der Waals surface area contributed by atoms with Crippen LogP contribution >= 0.6 is 0 Å². The van der Waals surface area contributed by atoms with E-state index in [9.17, 15) is 15.3 Å². The molecule has 0 aliphatic carbocycles. The van der Waals surface area contributed by atoms with Crippen molar-refractivity contribution in [1.82, 2.24) is 14.5 Å². The highest BCUT2D eigenvalue weighted by Gasteiger charge is 2.53. The van der Waals surface area contributed by atoms with E-state index < -0.39 is 30.6 Å². The van der Waals surface area contributed by atoms with Crippen molar-refractivity contribution in [2.24, 2.45) is 5.16 Å². The fraction of sp³-hybridized carbons (Fsp3) is 0.462. The van der Waals surface area contributed by atoms with E-state index in [4.69, 9.17) is 15.7 Å². The van der Waals surface area contributed by atoms with Crippen LogP contribution < -0.4 is 5.73 Å². The van der Waals surface area contributed by atoms with Gasteiger partial charge in [-0.15, -0.1) is 0 Å². The lowest BCUT2D eigenvalue weighted by Gasteiger charge is -2.27. The van der Waals surface area contributed by atoms with Crippen molar-refractivity contribution in [3.63, 3.8) is 0 Å². The van der Waals surface area contributed by atoms with E-state index in [-0.39, 0.29) is 5.82 Å². The van der Waals surface area contributed by atoms with Gasteiger partial charge in [-0.25, -0.2) is 9.97 Å². The number of anilines is 1. The number of fused-ring (bicyclic) bond motifs is 1. The Morgan fingerprint density at radius 2 is 2.26 bits per heavy atom. The topological polar surface area (TPSA) is 159 Å². The number of nitrogen functional groups attached to an aromatic ring is 1. The lowest BCUT2D eigenvalue weighted by Crippen LogP contribution is -2.44. The van der Waals surface area contributed by atoms with Gasteiger partial charge < -0.3 is 35.6 Å². The molecule has 1 saturated heterocycles. The van der Waals surface area contributed by atoms with Crippen LogP contribution in [0.25, 0.3) is 11.0 Å². The minimum atomic E-state index is -1.67. The SMILES string of the molecule is C[C@@]1(O)C(O)C(CO)OC1n1cc(/C=N/O)c2c(N)ncnc21. The van der Waals surface area contributed by atoms with Gasteiger partial charge in [0, 0.05) is 11.8 Å². The van der Waals surface area contributed by atoms with Crippen molar-refractivity contribution in [2.75, 3.05) is 12.3 Å². The fourth-order valence-electron chi connectivity index (χ4n) is 2.87. The lowest BCUT2D eigenvalue weighted by atomic mass is 9.96. The highest BCUT2D eigenvalue weighted by atomic mass is 16.6. The molecule has 0 spiro atoms. The predicted octanol–water partition coefficient (Wildman–Crippen LogP) is -1.18. The minimum absolute atomic E-state index is 0.167. The molecular formula is C13H17N5O5. The highest BCUT2D eigenvalue weighted by Crippen LogP contribution is 2.40. The van der Waals surface area contributed by atoms with Crippen molar-refractivity contribution < 1.29 is 25.3 Å². The molecule has 0 bridgehead atoms. The number of nitrogens with two attached hydrogens (primary N) is 1. The van der Waals surface area contributed by atoms with E-state index in [2.05, 4.69) is 15.1 Å². The maximum atomic E-state index is 10.6. The van der Waals surface area contributed by atoms with Gasteiger partial charge in [-0.2, -0.15) is 0 Å². The summed E-state index contributed by atoms with van der Waals surface area (Å²) >= 11 is 0. The van der Waals surface area contributed by atoms with Crippen LogP contribution in [0.5, 0.6) is 0 Å². The van der Waals surface area contributed by atoms with Crippen molar-refractivity contribution in [3.05, 3.63) is 18.1 Å². The zero-order valence-electron chi connectivity index (χ0n) is 12.2. The summed E-state index contributed by atoms with van der Waals surface area (Å²) in [6, 6.07) is 0. The molecular weight excluding hydrogens is 306 g/mol. The van der Waals surface area contributed by atoms with Gasteiger partial charge in [0.25, 0.3) is 0 Å². The molecule has 6 N–H and O–H groups in total. The van der Waals surface area contributed by atoms with Crippen LogP contribution in [-0.2, 0) is 4.74 Å². The molecule has 1 fully saturated rings. The van der Waals surface area contributed by atoms with Crippen LogP contribution in [0, 0.1) is 0 Å². The molecule has 23 heavy (non-hydrogen) atoms. The second-order valence-electron chi connectivity index (χ2n) is 5.57. The van der Waals surface area contributed by atoms with E-state index >= 15 is 0 Å². The van der Waals surface area contributed by atoms with Gasteiger partial charge in [-0.1, -0.05) is 5.16 Å². The van der Waals surface area contributed by atoms with Crippen molar-refractivity contribution in [3.8, 4) is 0 Å². The fourth-order valence-corrected chi connectivity index (χ4v) is 2.87. The Bertz CT molecular complexity index is 759. The Morgan fingerprint density at radius 3 is 2.87 bits per heavy atom. The summed E-state index contributed by atoms with van der Waals surface area (Å²) in [5.74, 6) is 0.167. The third-order valence-corrected chi connectivity index (χ3v) is 4.05. The molecule has 10 heteroatoms. The lowest BCUT2D eigenvalue weighted by molar-refractivity contribution is -0.0948. The van der Waals surface area contributed by atoms with Crippen LogP contribution in [0.15, 0.2) is 17.7 Å². The molecule has 3 rings (SSSR count). The third kappa shape index (κ3) is 2.23. The number of rotatable bonds is 3. The van der Waals surface area contributed by atoms with Crippen molar-refractivity contribution in [1.29, 1.82) is 0 Å². The predicted molar refractivity (Wildman–Crippen MR) is 78.9 cm³/mol. The Kier molecular flexibility index (Phi) is 3.68. The average Bonchev–Trinajstić information content (AvgIpc) is 2.97. The summed E-state index contributed by atoms with van der Waals surface area (Å²) in [6.07, 6.45) is 0.666. The number of aromatic nitrogens is 3. The first-order valence-electron chi connectivity index (χ1n) is 6.87. The number of oxime groups is 1. The van der Waals surface area contributed by atoms with E-state index in [0.29, 0.717) is 16.6 Å². The van der Waals surface area contributed by atoms with Crippen LogP contribution in [-0.4, -0.2) is 65.7 Å². The van der Waals surface area contributed by atoms with E-state index in [1.54, 1.807) is 0 Å². The molecule has 0 radical (unpaired) electrons. The second-order valence-corrected chi connectivity index (χ2v) is 5.57. The second kappa shape index (κ2) is 5.42. The summed E-state index contributed by atoms with van der Waals surface area (Å²) in [4.78, 5) is 8.01. The molecule has 1 aliphatic heterocycles. The Morgan fingerprint density at radius 1 is 1.52 bits per heavy atom. The van der Waals surface area contributed by atoms with Gasteiger partial charge in [0.15, 0.2) is 6.23 Å². The van der Waals surface area contributed by atoms with Gasteiger partial charge in [-0.3, -0.25) is 0 Å². The largest absolute Gasteiger partial charge is 0.411 e. The molecule has 1 aliphatic rings. The summed E-state index contributed by atoms with van der Waals surface area (Å²) in [5.41, 5.74) is 4.93. The molecule has 0 aromatic carbocycles. The maximum Gasteiger partial charge on any atom is 0.167 e. The van der Waals surface area contributed by atoms with Gasteiger partial charge in [-0.05, 0) is 6.92 Å². The van der Waals surface area contributed by atoms with Crippen LogP contribution in [0.3, 0.4) is 0 Å². The molecule has 4 atom stereocenters. The Hall–Kier alpha value is -2.27. The average molecular weight is 323 g/mol. The standard InChI is InChI=1S/C13H17N5O5/c1-13(21)9(20)7(4-19)23-12(13)18-3-6(2-17-22)8-10(14)15-5-16-11(8)18/h2-3,5,7,9,12,19-22H,4H2,1H3,(H2,14,15,16)/b17-2+/t7?,9?,12?,13-/m1/s1. The van der Waals surface area contributed by atoms with Crippen LogP contribution in [0.4, 0.5) is 5.82 Å². The number of aliphatic hydroxyl groups excluding tert-OH is 2. The monoisotopic (exact) mass is 323 g/mol. The molecule has 10 nitrogen and oxygen atoms in total. The molecule has 124 valence electrons. The first-order chi connectivity index (χ1) is 10.9. The summed E-state index contributed by atoms with van der Waals surface area (Å²) in [6.45, 7) is 0.948. The molecule has 0 saturated carbocycles. The minimum Gasteiger partial charge on any atom is -0.411 e. The highest BCUT2D eigenvalue weighted by molar-refractivity contribution is 6.02. The first kappa shape index (κ1) is 15.6.